The summed E-state index contributed by atoms with van der Waals surface area (Å²) in [5, 5.41) is 20.1. The van der Waals surface area contributed by atoms with Gasteiger partial charge in [0.2, 0.25) is 0 Å². The molecule has 2 aromatic rings. The van der Waals surface area contributed by atoms with Crippen molar-refractivity contribution < 1.29 is 39.9 Å². The van der Waals surface area contributed by atoms with Crippen LogP contribution in [0.25, 0.3) is 0 Å². The van der Waals surface area contributed by atoms with E-state index < -0.39 is 7.54 Å². The van der Waals surface area contributed by atoms with Crippen LogP contribution in [0, 0.1) is 13.8 Å². The topological polar surface area (TPSA) is 65.2 Å². The molecule has 2 aromatic carbocycles. The summed E-state index contributed by atoms with van der Waals surface area (Å²) in [6.07, 6.45) is 7.80. The Hall–Kier alpha value is -2.26. The van der Waals surface area contributed by atoms with E-state index >= 15 is 0 Å². The number of hydrogen-bond donors (Lipinski definition) is 2. The van der Waals surface area contributed by atoms with Crippen molar-refractivity contribution in [1.29, 1.82) is 0 Å². The maximum atomic E-state index is 10.3. The number of aliphatic imine (C=N–C) groups is 2. The number of para-hydroxylation sites is 1. The molecule has 1 fully saturated rings. The van der Waals surface area contributed by atoms with Crippen LogP contribution >= 0.6 is 0 Å². The van der Waals surface area contributed by atoms with Crippen LogP contribution in [0.1, 0.15) is 47.9 Å². The smallest absolute Gasteiger partial charge is 0.507 e. The van der Waals surface area contributed by atoms with Gasteiger partial charge in [-0.2, -0.15) is 0 Å². The quantitative estimate of drug-likeness (QED) is 0.455. The summed E-state index contributed by atoms with van der Waals surface area (Å²) < 4.78 is 29.0. The molecule has 31 heavy (non-hydrogen) atoms. The fourth-order valence-corrected chi connectivity index (χ4v) is 3.48. The van der Waals surface area contributed by atoms with Crippen LogP contribution in [-0.2, 0) is 16.8 Å². The van der Waals surface area contributed by atoms with E-state index in [1.54, 1.807) is 24.6 Å². The number of nitrogens with zero attached hydrogens (tertiary/aromatic N) is 2. The third kappa shape index (κ3) is 8.79. The van der Waals surface area contributed by atoms with Gasteiger partial charge in [0.25, 0.3) is 0 Å². The molecule has 2 atom stereocenters. The second-order valence-corrected chi connectivity index (χ2v) is 7.30. The molecule has 169 valence electrons. The third-order valence-electron chi connectivity index (χ3n) is 4.92. The third-order valence-corrected chi connectivity index (χ3v) is 4.92. The zero-order valence-corrected chi connectivity index (χ0v) is 18.5. The van der Waals surface area contributed by atoms with Gasteiger partial charge in [0.15, 0.2) is 0 Å². The molecule has 0 bridgehead atoms. The van der Waals surface area contributed by atoms with Gasteiger partial charge >= 0.3 is 7.54 Å². The number of aromatic hydroxyl groups is 2. The molecule has 0 heterocycles. The van der Waals surface area contributed by atoms with E-state index in [2.05, 4.69) is 0 Å². The second-order valence-electron chi connectivity index (χ2n) is 7.30. The van der Waals surface area contributed by atoms with Gasteiger partial charge in [-0.25, -0.2) is 0 Å². The fraction of sp³-hybridized carbons (Fsp3) is 0.364. The minimum atomic E-state index is -3.67. The summed E-state index contributed by atoms with van der Waals surface area (Å²) in [6.45, 7) is 3.92. The van der Waals surface area contributed by atoms with Crippen LogP contribution in [0.3, 0.4) is 0 Å². The van der Waals surface area contributed by atoms with E-state index in [0.29, 0.717) is 5.75 Å². The predicted molar refractivity (Wildman–Crippen MR) is 116 cm³/mol. The Kier molecular flexibility index (Phi) is 11.4. The molecular formula is C22H26BCoF3N2O2. The fourth-order valence-electron chi connectivity index (χ4n) is 3.48. The van der Waals surface area contributed by atoms with Crippen molar-refractivity contribution in [2.24, 2.45) is 9.98 Å². The first-order valence-corrected chi connectivity index (χ1v) is 9.84. The normalized spacial score (nSPS) is 18.4. The van der Waals surface area contributed by atoms with Crippen molar-refractivity contribution in [3.05, 3.63) is 58.7 Å². The summed E-state index contributed by atoms with van der Waals surface area (Å²) in [6, 6.07) is 11.3. The predicted octanol–water partition coefficient (Wildman–Crippen LogP) is 5.44. The Bertz CT molecular complexity index is 894. The van der Waals surface area contributed by atoms with Gasteiger partial charge in [-0.15, -0.1) is 0 Å². The molecule has 3 rings (SSSR count). The molecule has 0 amide bonds. The average molecular weight is 477 g/mol. The molecule has 1 radical (unpaired) electrons. The van der Waals surface area contributed by atoms with Gasteiger partial charge in [0.05, 0.1) is 12.1 Å². The number of aryl methyl sites for hydroxylation is 2. The molecule has 9 heteroatoms. The van der Waals surface area contributed by atoms with Gasteiger partial charge < -0.3 is 10.2 Å². The molecule has 4 nitrogen and oxygen atoms in total. The van der Waals surface area contributed by atoms with Crippen LogP contribution in [-0.4, -0.2) is 42.3 Å². The van der Waals surface area contributed by atoms with Crippen LogP contribution in [0.5, 0.6) is 11.5 Å². The SMILES string of the molecule is Cc1cc(C)c(O)c(C=N[C@H]2CCCC[C@@H]2N=Cc2ccccc2O)c1.FB(F)F.[Co]. The van der Waals surface area contributed by atoms with Crippen LogP contribution < -0.4 is 0 Å². The van der Waals surface area contributed by atoms with E-state index in [1.165, 1.54) is 0 Å². The molecule has 0 unspecified atom stereocenters. The van der Waals surface area contributed by atoms with E-state index in [4.69, 9.17) is 9.98 Å². The molecule has 0 aliphatic heterocycles. The van der Waals surface area contributed by atoms with E-state index in [0.717, 1.165) is 47.9 Å². The summed E-state index contributed by atoms with van der Waals surface area (Å²) in [5.41, 5.74) is 3.47. The first-order valence-electron chi connectivity index (χ1n) is 9.84. The second kappa shape index (κ2) is 13.2. The Morgan fingerprint density at radius 3 is 1.97 bits per heavy atom. The van der Waals surface area contributed by atoms with Crippen LogP contribution in [0.2, 0.25) is 0 Å². The summed E-state index contributed by atoms with van der Waals surface area (Å²) in [4.78, 5) is 9.46. The van der Waals surface area contributed by atoms with Crippen molar-refractivity contribution >= 4 is 20.0 Å². The minimum absolute atomic E-state index is 0. The monoisotopic (exact) mass is 477 g/mol. The maximum absolute atomic E-state index is 10.3. The molecule has 0 spiro atoms. The first-order chi connectivity index (χ1) is 14.3. The maximum Gasteiger partial charge on any atom is 0.762 e. The van der Waals surface area contributed by atoms with E-state index in [-0.39, 0.29) is 34.6 Å². The molecule has 1 saturated carbocycles. The number of rotatable bonds is 4. The number of benzene rings is 2. The standard InChI is InChI=1S/C22H26N2O2.BF3.Co/c1-15-11-16(2)22(26)18(12-15)14-24-20-9-5-4-8-19(20)23-13-17-7-3-6-10-21(17)25;2-1(3)4;/h3,6-7,10-14,19-20,25-26H,4-5,8-9H2,1-2H3;;/t19-,20-;;/m0../s1. The van der Waals surface area contributed by atoms with Crippen molar-refractivity contribution in [2.45, 2.75) is 51.6 Å². The van der Waals surface area contributed by atoms with Gasteiger partial charge in [-0.3, -0.25) is 22.9 Å². The molecule has 1 aliphatic rings. The summed E-state index contributed by atoms with van der Waals surface area (Å²) >= 11 is 0. The minimum Gasteiger partial charge on any atom is -0.507 e. The van der Waals surface area contributed by atoms with Crippen molar-refractivity contribution in [3.8, 4) is 11.5 Å². The Morgan fingerprint density at radius 2 is 1.42 bits per heavy atom. The largest absolute Gasteiger partial charge is 0.762 e. The van der Waals surface area contributed by atoms with Gasteiger partial charge in [0, 0.05) is 40.3 Å². The number of phenolic OH excluding ortho intramolecular Hbond substituents is 2. The zero-order valence-electron chi connectivity index (χ0n) is 17.4. The average Bonchev–Trinajstić information content (AvgIpc) is 2.69. The van der Waals surface area contributed by atoms with Crippen molar-refractivity contribution in [1.82, 2.24) is 0 Å². The van der Waals surface area contributed by atoms with E-state index in [1.807, 2.05) is 38.1 Å². The zero-order chi connectivity index (χ0) is 22.1. The van der Waals surface area contributed by atoms with Gasteiger partial charge in [-0.05, 0) is 56.0 Å². The van der Waals surface area contributed by atoms with Crippen molar-refractivity contribution in [2.75, 3.05) is 0 Å². The first kappa shape index (κ1) is 26.8. The van der Waals surface area contributed by atoms with Crippen molar-refractivity contribution in [3.63, 3.8) is 0 Å². The number of halogens is 3. The summed E-state index contributed by atoms with van der Waals surface area (Å²) in [7, 11) is -3.67. The van der Waals surface area contributed by atoms with Crippen LogP contribution in [0.15, 0.2) is 46.4 Å². The Labute approximate surface area is 191 Å². The Balaban J connectivity index is 0.000000885. The molecule has 1 aliphatic carbocycles. The molecule has 0 aromatic heterocycles. The number of hydrogen-bond acceptors (Lipinski definition) is 4. The van der Waals surface area contributed by atoms with Crippen LogP contribution in [0.4, 0.5) is 12.9 Å². The molecule has 0 saturated heterocycles. The van der Waals surface area contributed by atoms with Gasteiger partial charge in [0.1, 0.15) is 11.5 Å². The van der Waals surface area contributed by atoms with Gasteiger partial charge in [-0.1, -0.05) is 31.0 Å². The molecular weight excluding hydrogens is 451 g/mol. The number of phenols is 2. The Morgan fingerprint density at radius 1 is 0.903 bits per heavy atom. The molecule has 2 N–H and O–H groups in total. The summed E-state index contributed by atoms with van der Waals surface area (Å²) in [5.74, 6) is 0.539. The van der Waals surface area contributed by atoms with E-state index in [9.17, 15) is 23.2 Å².